The molecule has 0 radical (unpaired) electrons. The summed E-state index contributed by atoms with van der Waals surface area (Å²) in [6.45, 7) is 7.69. The molecule has 1 rings (SSSR count). The van der Waals surface area contributed by atoms with Crippen molar-refractivity contribution in [2.45, 2.75) is 116 Å². The highest BCUT2D eigenvalue weighted by molar-refractivity contribution is 6.04. The number of hydrogen-bond acceptors (Lipinski definition) is 6. The molecule has 0 fully saturated rings. The zero-order valence-electron chi connectivity index (χ0n) is 22.1. The van der Waals surface area contributed by atoms with E-state index in [0.29, 0.717) is 25.7 Å². The fourth-order valence-electron chi connectivity index (χ4n) is 4.12. The lowest BCUT2D eigenvalue weighted by molar-refractivity contribution is -0.162. The molecule has 0 aliphatic rings. The summed E-state index contributed by atoms with van der Waals surface area (Å²) in [5, 5.41) is 20.0. The summed E-state index contributed by atoms with van der Waals surface area (Å²) >= 11 is 0. The van der Waals surface area contributed by atoms with Crippen LogP contribution in [0, 0.1) is 0 Å². The van der Waals surface area contributed by atoms with Gasteiger partial charge in [-0.25, -0.2) is 19.2 Å². The summed E-state index contributed by atoms with van der Waals surface area (Å²) in [6.07, 6.45) is 5.80. The van der Waals surface area contributed by atoms with Crippen molar-refractivity contribution in [2.75, 3.05) is 0 Å². The molecule has 8 nitrogen and oxygen atoms in total. The maximum Gasteiger partial charge on any atom is 0.348 e. The predicted molar refractivity (Wildman–Crippen MR) is 136 cm³/mol. The molecule has 0 spiro atoms. The molecule has 0 atom stereocenters. The number of carboxylic acid groups (broad SMARTS) is 2. The van der Waals surface area contributed by atoms with Gasteiger partial charge >= 0.3 is 23.9 Å². The maximum atomic E-state index is 13.3. The number of hydrogen-bond donors (Lipinski definition) is 2. The zero-order chi connectivity index (χ0) is 27.2. The second-order valence-corrected chi connectivity index (χ2v) is 9.34. The number of aliphatic carboxylic acids is 2. The van der Waals surface area contributed by atoms with Crippen LogP contribution in [0.1, 0.15) is 125 Å². The molecule has 202 valence electrons. The van der Waals surface area contributed by atoms with E-state index in [1.165, 1.54) is 24.3 Å². The summed E-state index contributed by atoms with van der Waals surface area (Å²) in [7, 11) is 0. The number of carbonyl (C=O) groups excluding carboxylic acids is 2. The fraction of sp³-hybridized carbons (Fsp3) is 0.643. The Kier molecular flexibility index (Phi) is 13.2. The van der Waals surface area contributed by atoms with Crippen LogP contribution in [0.15, 0.2) is 24.3 Å². The Morgan fingerprint density at radius 3 is 1.11 bits per heavy atom. The molecule has 0 aliphatic carbocycles. The molecule has 0 aromatic heterocycles. The van der Waals surface area contributed by atoms with Crippen molar-refractivity contribution in [2.24, 2.45) is 0 Å². The lowest BCUT2D eigenvalue weighted by atomic mass is 9.90. The molecule has 1 aromatic rings. The van der Waals surface area contributed by atoms with Gasteiger partial charge in [0.1, 0.15) is 0 Å². The van der Waals surface area contributed by atoms with Gasteiger partial charge in [-0.05, 0) is 63.5 Å². The van der Waals surface area contributed by atoms with Crippen molar-refractivity contribution in [1.82, 2.24) is 0 Å². The molecule has 0 heterocycles. The Hall–Kier alpha value is -2.90. The van der Waals surface area contributed by atoms with Crippen LogP contribution in [-0.4, -0.2) is 45.3 Å². The second-order valence-electron chi connectivity index (χ2n) is 9.34. The Labute approximate surface area is 214 Å². The third kappa shape index (κ3) is 8.35. The minimum absolute atomic E-state index is 0.147. The van der Waals surface area contributed by atoms with E-state index in [-0.39, 0.29) is 36.8 Å². The van der Waals surface area contributed by atoms with Crippen LogP contribution < -0.4 is 0 Å². The number of esters is 2. The number of rotatable bonds is 18. The summed E-state index contributed by atoms with van der Waals surface area (Å²) in [4.78, 5) is 51.0. The van der Waals surface area contributed by atoms with Gasteiger partial charge in [-0.2, -0.15) is 0 Å². The van der Waals surface area contributed by atoms with Crippen LogP contribution in [0.4, 0.5) is 0 Å². The molecule has 0 bridgehead atoms. The minimum Gasteiger partial charge on any atom is -0.478 e. The highest BCUT2D eigenvalue weighted by atomic mass is 16.6. The molecule has 8 heteroatoms. The molecule has 36 heavy (non-hydrogen) atoms. The van der Waals surface area contributed by atoms with Crippen LogP contribution in [0.5, 0.6) is 0 Å². The number of benzene rings is 1. The average molecular weight is 507 g/mol. The van der Waals surface area contributed by atoms with Crippen molar-refractivity contribution in [1.29, 1.82) is 0 Å². The van der Waals surface area contributed by atoms with Crippen molar-refractivity contribution < 1.29 is 38.9 Å². The Morgan fingerprint density at radius 2 is 0.889 bits per heavy atom. The van der Waals surface area contributed by atoms with E-state index in [0.717, 1.165) is 25.7 Å². The van der Waals surface area contributed by atoms with Crippen molar-refractivity contribution in [3.05, 3.63) is 35.4 Å². The highest BCUT2D eigenvalue weighted by Gasteiger charge is 2.44. The topological polar surface area (TPSA) is 127 Å². The molecule has 0 amide bonds. The normalized spacial score (nSPS) is 11.7. The number of unbranched alkanes of at least 4 members (excludes halogenated alkanes) is 4. The molecule has 0 unspecified atom stereocenters. The van der Waals surface area contributed by atoms with Crippen molar-refractivity contribution >= 4 is 23.9 Å². The fourth-order valence-corrected chi connectivity index (χ4v) is 4.12. The smallest absolute Gasteiger partial charge is 0.348 e. The van der Waals surface area contributed by atoms with Gasteiger partial charge in [-0.3, -0.25) is 0 Å². The molecule has 0 saturated heterocycles. The number of ether oxygens (including phenoxy) is 2. The van der Waals surface area contributed by atoms with Gasteiger partial charge in [-0.1, -0.05) is 65.5 Å². The van der Waals surface area contributed by atoms with Gasteiger partial charge in [0, 0.05) is 0 Å². The van der Waals surface area contributed by atoms with Crippen molar-refractivity contribution in [3.63, 3.8) is 0 Å². The molecule has 0 saturated carbocycles. The third-order valence-electron chi connectivity index (χ3n) is 6.46. The molecule has 1 aromatic carbocycles. The van der Waals surface area contributed by atoms with Crippen LogP contribution in [0.25, 0.3) is 0 Å². The minimum atomic E-state index is -1.70. The van der Waals surface area contributed by atoms with Crippen LogP contribution in [0.2, 0.25) is 0 Å². The van der Waals surface area contributed by atoms with Crippen LogP contribution in [-0.2, 0) is 19.1 Å². The predicted octanol–water partition coefficient (Wildman–Crippen LogP) is 6.41. The van der Waals surface area contributed by atoms with Gasteiger partial charge in [0.05, 0.1) is 11.1 Å². The van der Waals surface area contributed by atoms with E-state index >= 15 is 0 Å². The van der Waals surface area contributed by atoms with E-state index in [2.05, 4.69) is 0 Å². The third-order valence-corrected chi connectivity index (χ3v) is 6.46. The molecular formula is C28H42O8. The SMILES string of the molecule is CCCCC(CCCC)(OC(=O)c1ccccc1C(=O)OC(CCCC)(CCCC)C(=O)O)C(=O)O. The quantitative estimate of drug-likeness (QED) is 0.219. The molecule has 0 aliphatic heterocycles. The number of carbonyl (C=O) groups is 4. The first-order valence-corrected chi connectivity index (χ1v) is 13.2. The molecular weight excluding hydrogens is 464 g/mol. The Bertz CT molecular complexity index is 789. The summed E-state index contributed by atoms with van der Waals surface area (Å²) in [6, 6.07) is 5.80. The van der Waals surface area contributed by atoms with E-state index in [1.807, 2.05) is 27.7 Å². The van der Waals surface area contributed by atoms with E-state index < -0.39 is 35.1 Å². The first kappa shape index (κ1) is 31.1. The van der Waals surface area contributed by atoms with Crippen LogP contribution >= 0.6 is 0 Å². The van der Waals surface area contributed by atoms with Gasteiger partial charge in [0.2, 0.25) is 11.2 Å². The Balaban J connectivity index is 3.35. The average Bonchev–Trinajstić information content (AvgIpc) is 2.86. The first-order chi connectivity index (χ1) is 17.1. The number of carboxylic acids is 2. The zero-order valence-corrected chi connectivity index (χ0v) is 22.1. The second kappa shape index (κ2) is 15.3. The molecule has 2 N–H and O–H groups in total. The Morgan fingerprint density at radius 1 is 0.611 bits per heavy atom. The lowest BCUT2D eigenvalue weighted by Crippen LogP contribution is -2.44. The van der Waals surface area contributed by atoms with E-state index in [1.54, 1.807) is 0 Å². The first-order valence-electron chi connectivity index (χ1n) is 13.2. The van der Waals surface area contributed by atoms with Crippen LogP contribution in [0.3, 0.4) is 0 Å². The van der Waals surface area contributed by atoms with Gasteiger partial charge in [-0.15, -0.1) is 0 Å². The van der Waals surface area contributed by atoms with E-state index in [9.17, 15) is 29.4 Å². The standard InChI is InChI=1S/C28H42O8/c1-5-9-17-27(25(31)32,18-10-6-2)35-23(29)21-15-13-14-16-22(21)24(30)36-28(26(33)34,19-11-7-3)20-12-8-4/h13-16H,5-12,17-20H2,1-4H3,(H,31,32)(H,33,34). The summed E-state index contributed by atoms with van der Waals surface area (Å²) < 4.78 is 11.3. The van der Waals surface area contributed by atoms with Crippen molar-refractivity contribution in [3.8, 4) is 0 Å². The largest absolute Gasteiger partial charge is 0.478 e. The van der Waals surface area contributed by atoms with Gasteiger partial charge in [0.25, 0.3) is 0 Å². The highest BCUT2D eigenvalue weighted by Crippen LogP contribution is 2.31. The lowest BCUT2D eigenvalue weighted by Gasteiger charge is -2.31. The maximum absolute atomic E-state index is 13.3. The summed E-state index contributed by atoms with van der Waals surface area (Å²) in [5.74, 6) is -4.33. The van der Waals surface area contributed by atoms with Gasteiger partial charge in [0.15, 0.2) is 0 Å². The monoisotopic (exact) mass is 506 g/mol. The van der Waals surface area contributed by atoms with E-state index in [4.69, 9.17) is 9.47 Å². The summed E-state index contributed by atoms with van der Waals surface area (Å²) in [5.41, 5.74) is -3.70. The van der Waals surface area contributed by atoms with Gasteiger partial charge < -0.3 is 19.7 Å².